The van der Waals surface area contributed by atoms with Gasteiger partial charge in [-0.2, -0.15) is 0 Å². The first-order valence-corrected chi connectivity index (χ1v) is 7.58. The number of nitrogens with zero attached hydrogens (tertiary/aromatic N) is 2. The summed E-state index contributed by atoms with van der Waals surface area (Å²) in [5.41, 5.74) is 2.10. The van der Waals surface area contributed by atoms with E-state index in [0.717, 1.165) is 17.9 Å². The van der Waals surface area contributed by atoms with E-state index in [4.69, 9.17) is 27.9 Å². The SMILES string of the molecule is Clc1ccc(COc2ccc(Cn3ccnc3)cc2)c(Cl)c1. The molecule has 3 rings (SSSR count). The van der Waals surface area contributed by atoms with Crippen molar-refractivity contribution in [2.45, 2.75) is 13.2 Å². The van der Waals surface area contributed by atoms with Crippen LogP contribution in [0.2, 0.25) is 10.0 Å². The third-order valence-electron chi connectivity index (χ3n) is 3.26. The van der Waals surface area contributed by atoms with Gasteiger partial charge in [0.25, 0.3) is 0 Å². The average Bonchev–Trinajstić information content (AvgIpc) is 3.01. The van der Waals surface area contributed by atoms with Gasteiger partial charge >= 0.3 is 0 Å². The van der Waals surface area contributed by atoms with Crippen molar-refractivity contribution in [2.75, 3.05) is 0 Å². The molecule has 3 aromatic rings. The highest BCUT2D eigenvalue weighted by molar-refractivity contribution is 6.35. The third-order valence-corrected chi connectivity index (χ3v) is 3.84. The minimum Gasteiger partial charge on any atom is -0.489 e. The molecule has 5 heteroatoms. The van der Waals surface area contributed by atoms with Gasteiger partial charge < -0.3 is 9.30 Å². The number of aromatic nitrogens is 2. The molecule has 0 aliphatic heterocycles. The van der Waals surface area contributed by atoms with Gasteiger partial charge in [0, 0.05) is 34.5 Å². The highest BCUT2D eigenvalue weighted by atomic mass is 35.5. The van der Waals surface area contributed by atoms with E-state index in [-0.39, 0.29) is 0 Å². The van der Waals surface area contributed by atoms with E-state index in [1.165, 1.54) is 5.56 Å². The van der Waals surface area contributed by atoms with Gasteiger partial charge in [-0.3, -0.25) is 0 Å². The fraction of sp³-hybridized carbons (Fsp3) is 0.118. The fourth-order valence-electron chi connectivity index (χ4n) is 2.08. The topological polar surface area (TPSA) is 27.1 Å². The first-order valence-electron chi connectivity index (χ1n) is 6.82. The van der Waals surface area contributed by atoms with Crippen molar-refractivity contribution < 1.29 is 4.74 Å². The van der Waals surface area contributed by atoms with Crippen molar-refractivity contribution in [3.05, 3.63) is 82.4 Å². The second kappa shape index (κ2) is 6.86. The van der Waals surface area contributed by atoms with E-state index in [0.29, 0.717) is 16.7 Å². The number of hydrogen-bond acceptors (Lipinski definition) is 2. The fourth-order valence-corrected chi connectivity index (χ4v) is 2.55. The first kappa shape index (κ1) is 14.9. The number of imidazole rings is 1. The number of benzene rings is 2. The van der Waals surface area contributed by atoms with Crippen LogP contribution < -0.4 is 4.74 Å². The molecule has 0 fully saturated rings. The predicted octanol–water partition coefficient (Wildman–Crippen LogP) is 4.82. The quantitative estimate of drug-likeness (QED) is 0.669. The zero-order chi connectivity index (χ0) is 15.4. The lowest BCUT2D eigenvalue weighted by Crippen LogP contribution is -1.98. The number of halogens is 2. The summed E-state index contributed by atoms with van der Waals surface area (Å²) < 4.78 is 7.77. The summed E-state index contributed by atoms with van der Waals surface area (Å²) in [7, 11) is 0. The Bertz CT molecular complexity index is 740. The molecule has 1 aromatic heterocycles. The smallest absolute Gasteiger partial charge is 0.119 e. The molecule has 0 atom stereocenters. The molecule has 0 unspecified atom stereocenters. The summed E-state index contributed by atoms with van der Waals surface area (Å²) in [5.74, 6) is 0.806. The Hall–Kier alpha value is -1.97. The van der Waals surface area contributed by atoms with Crippen molar-refractivity contribution >= 4 is 23.2 Å². The van der Waals surface area contributed by atoms with E-state index in [2.05, 4.69) is 4.98 Å². The molecular formula is C17H14Cl2N2O. The lowest BCUT2D eigenvalue weighted by molar-refractivity contribution is 0.306. The summed E-state index contributed by atoms with van der Waals surface area (Å²) in [6.07, 6.45) is 5.51. The van der Waals surface area contributed by atoms with Crippen LogP contribution in [0.3, 0.4) is 0 Å². The van der Waals surface area contributed by atoms with Crippen LogP contribution >= 0.6 is 23.2 Å². The molecule has 112 valence electrons. The van der Waals surface area contributed by atoms with E-state index >= 15 is 0 Å². The Labute approximate surface area is 139 Å². The molecule has 1 heterocycles. The zero-order valence-electron chi connectivity index (χ0n) is 11.7. The molecule has 0 bridgehead atoms. The van der Waals surface area contributed by atoms with Gasteiger partial charge in [-0.25, -0.2) is 4.98 Å². The third kappa shape index (κ3) is 3.81. The Kier molecular flexibility index (Phi) is 4.66. The van der Waals surface area contributed by atoms with E-state index in [9.17, 15) is 0 Å². The van der Waals surface area contributed by atoms with Crippen LogP contribution in [0.25, 0.3) is 0 Å². The van der Waals surface area contributed by atoms with Crippen LogP contribution in [0.5, 0.6) is 5.75 Å². The molecule has 0 N–H and O–H groups in total. The van der Waals surface area contributed by atoms with Crippen LogP contribution in [0.15, 0.2) is 61.2 Å². The molecule has 0 amide bonds. The highest BCUT2D eigenvalue weighted by Crippen LogP contribution is 2.23. The predicted molar refractivity (Wildman–Crippen MR) is 88.6 cm³/mol. The minimum absolute atomic E-state index is 0.414. The maximum atomic E-state index is 6.13. The Morgan fingerprint density at radius 2 is 1.86 bits per heavy atom. The minimum atomic E-state index is 0.414. The number of rotatable bonds is 5. The lowest BCUT2D eigenvalue weighted by Gasteiger charge is -2.09. The van der Waals surface area contributed by atoms with Crippen molar-refractivity contribution in [3.8, 4) is 5.75 Å². The van der Waals surface area contributed by atoms with Crippen molar-refractivity contribution in [3.63, 3.8) is 0 Å². The summed E-state index contributed by atoms with van der Waals surface area (Å²) in [6.45, 7) is 1.21. The van der Waals surface area contributed by atoms with Gasteiger partial charge in [-0.1, -0.05) is 41.4 Å². The van der Waals surface area contributed by atoms with Gasteiger partial charge in [0.15, 0.2) is 0 Å². The van der Waals surface area contributed by atoms with E-state index in [1.807, 2.05) is 41.1 Å². The molecule has 0 aliphatic carbocycles. The largest absolute Gasteiger partial charge is 0.489 e. The maximum Gasteiger partial charge on any atom is 0.119 e. The molecular weight excluding hydrogens is 319 g/mol. The second-order valence-corrected chi connectivity index (χ2v) is 5.75. The Morgan fingerprint density at radius 1 is 1.05 bits per heavy atom. The summed E-state index contributed by atoms with van der Waals surface area (Å²) >= 11 is 12.0. The Balaban J connectivity index is 1.61. The van der Waals surface area contributed by atoms with Crippen LogP contribution in [0.1, 0.15) is 11.1 Å². The molecule has 3 nitrogen and oxygen atoms in total. The monoisotopic (exact) mass is 332 g/mol. The van der Waals surface area contributed by atoms with Gasteiger partial charge in [0.1, 0.15) is 12.4 Å². The van der Waals surface area contributed by atoms with Crippen molar-refractivity contribution in [1.29, 1.82) is 0 Å². The molecule has 2 aromatic carbocycles. The van der Waals surface area contributed by atoms with Gasteiger partial charge in [0.2, 0.25) is 0 Å². The summed E-state index contributed by atoms with van der Waals surface area (Å²) in [4.78, 5) is 4.03. The van der Waals surface area contributed by atoms with Crippen LogP contribution in [0.4, 0.5) is 0 Å². The van der Waals surface area contributed by atoms with Crippen LogP contribution in [-0.4, -0.2) is 9.55 Å². The molecule has 0 spiro atoms. The number of ether oxygens (including phenoxy) is 1. The molecule has 0 aliphatic rings. The van der Waals surface area contributed by atoms with E-state index in [1.54, 1.807) is 24.7 Å². The summed E-state index contributed by atoms with van der Waals surface area (Å²) in [6, 6.07) is 13.4. The molecule has 0 saturated heterocycles. The zero-order valence-corrected chi connectivity index (χ0v) is 13.3. The van der Waals surface area contributed by atoms with Gasteiger partial charge in [-0.15, -0.1) is 0 Å². The van der Waals surface area contributed by atoms with Crippen LogP contribution in [0, 0.1) is 0 Å². The van der Waals surface area contributed by atoms with E-state index < -0.39 is 0 Å². The molecule has 0 saturated carbocycles. The standard InChI is InChI=1S/C17H14Cl2N2O/c18-15-4-3-14(17(19)9-15)11-22-16-5-1-13(2-6-16)10-21-8-7-20-12-21/h1-9,12H,10-11H2. The second-order valence-electron chi connectivity index (χ2n) is 4.90. The Morgan fingerprint density at radius 3 is 2.55 bits per heavy atom. The highest BCUT2D eigenvalue weighted by Gasteiger charge is 2.03. The van der Waals surface area contributed by atoms with Crippen LogP contribution in [-0.2, 0) is 13.2 Å². The lowest BCUT2D eigenvalue weighted by atomic mass is 10.2. The molecule has 0 radical (unpaired) electrons. The maximum absolute atomic E-state index is 6.13. The normalized spacial score (nSPS) is 10.6. The van der Waals surface area contributed by atoms with Gasteiger partial charge in [-0.05, 0) is 29.8 Å². The average molecular weight is 333 g/mol. The van der Waals surface area contributed by atoms with Crippen molar-refractivity contribution in [2.24, 2.45) is 0 Å². The first-order chi connectivity index (χ1) is 10.7. The van der Waals surface area contributed by atoms with Crippen molar-refractivity contribution in [1.82, 2.24) is 9.55 Å². The summed E-state index contributed by atoms with van der Waals surface area (Å²) in [5, 5.41) is 1.24. The number of hydrogen-bond donors (Lipinski definition) is 0. The molecule has 22 heavy (non-hydrogen) atoms. The van der Waals surface area contributed by atoms with Gasteiger partial charge in [0.05, 0.1) is 6.33 Å².